The van der Waals surface area contributed by atoms with Crippen LogP contribution in [-0.4, -0.2) is 34.2 Å². The highest BCUT2D eigenvalue weighted by Gasteiger charge is 2.20. The summed E-state index contributed by atoms with van der Waals surface area (Å²) in [7, 11) is -1.93. The molecule has 1 saturated carbocycles. The summed E-state index contributed by atoms with van der Waals surface area (Å²) in [6.45, 7) is 0.662. The molecule has 0 aromatic heterocycles. The number of hydrogen-bond acceptors (Lipinski definition) is 3. The quantitative estimate of drug-likeness (QED) is 0.904. The van der Waals surface area contributed by atoms with Crippen molar-refractivity contribution in [3.8, 4) is 0 Å². The zero-order valence-corrected chi connectivity index (χ0v) is 14.0. The van der Waals surface area contributed by atoms with E-state index in [1.165, 1.54) is 26.3 Å². The van der Waals surface area contributed by atoms with Gasteiger partial charge in [0.1, 0.15) is 0 Å². The topological polar surface area (TPSA) is 66.5 Å². The summed E-state index contributed by atoms with van der Waals surface area (Å²) >= 11 is 0. The highest BCUT2D eigenvalue weighted by Crippen LogP contribution is 2.24. The van der Waals surface area contributed by atoms with Gasteiger partial charge in [0, 0.05) is 13.6 Å². The van der Waals surface area contributed by atoms with Gasteiger partial charge in [-0.2, -0.15) is 0 Å². The van der Waals surface area contributed by atoms with Crippen LogP contribution >= 0.6 is 0 Å². The van der Waals surface area contributed by atoms with Crippen molar-refractivity contribution in [2.24, 2.45) is 5.92 Å². The summed E-state index contributed by atoms with van der Waals surface area (Å²) in [4.78, 5) is 12.4. The number of nitrogens with zero attached hydrogens (tertiary/aromatic N) is 1. The fourth-order valence-corrected chi connectivity index (χ4v) is 3.36. The maximum absolute atomic E-state index is 12.4. The van der Waals surface area contributed by atoms with Gasteiger partial charge in [0.2, 0.25) is 10.0 Å². The Balaban J connectivity index is 2.09. The lowest BCUT2D eigenvalue weighted by molar-refractivity contribution is 0.0944. The molecule has 6 heteroatoms. The molecule has 1 aromatic rings. The number of carbonyl (C=O) groups excluding carboxylic acids is 1. The number of hydrogen-bond donors (Lipinski definition) is 1. The molecule has 1 aliphatic carbocycles. The second-order valence-corrected chi connectivity index (χ2v) is 7.98. The Bertz CT molecular complexity index is 622. The van der Waals surface area contributed by atoms with Gasteiger partial charge in [-0.1, -0.05) is 31.4 Å². The third kappa shape index (κ3) is 4.22. The van der Waals surface area contributed by atoms with Gasteiger partial charge in [-0.15, -0.1) is 0 Å². The first-order chi connectivity index (χ1) is 10.4. The van der Waals surface area contributed by atoms with Crippen LogP contribution in [0.4, 0.5) is 5.69 Å². The lowest BCUT2D eigenvalue weighted by Crippen LogP contribution is -2.33. The minimum absolute atomic E-state index is 0.211. The van der Waals surface area contributed by atoms with Crippen molar-refractivity contribution in [2.45, 2.75) is 32.1 Å². The van der Waals surface area contributed by atoms with Gasteiger partial charge in [-0.3, -0.25) is 9.10 Å². The number of sulfonamides is 1. The monoisotopic (exact) mass is 324 g/mol. The summed E-state index contributed by atoms with van der Waals surface area (Å²) in [6.07, 6.45) is 7.19. The molecule has 0 atom stereocenters. The number of nitrogens with one attached hydrogen (secondary N) is 1. The Morgan fingerprint density at radius 2 is 1.86 bits per heavy atom. The minimum Gasteiger partial charge on any atom is -0.352 e. The molecule has 0 aliphatic heterocycles. The Labute approximate surface area is 132 Å². The zero-order valence-electron chi connectivity index (χ0n) is 13.2. The Morgan fingerprint density at radius 3 is 2.50 bits per heavy atom. The second-order valence-electron chi connectivity index (χ2n) is 5.96. The molecular weight excluding hydrogens is 300 g/mol. The van der Waals surface area contributed by atoms with Crippen LogP contribution in [0.5, 0.6) is 0 Å². The van der Waals surface area contributed by atoms with E-state index in [0.717, 1.165) is 23.4 Å². The van der Waals surface area contributed by atoms with Crippen LogP contribution in [0.1, 0.15) is 42.5 Å². The van der Waals surface area contributed by atoms with E-state index in [0.29, 0.717) is 23.7 Å². The van der Waals surface area contributed by atoms with Crippen molar-refractivity contribution < 1.29 is 13.2 Å². The van der Waals surface area contributed by atoms with Crippen LogP contribution in [0.3, 0.4) is 0 Å². The number of carbonyl (C=O) groups is 1. The molecule has 1 aliphatic rings. The molecule has 0 spiro atoms. The molecule has 1 fully saturated rings. The van der Waals surface area contributed by atoms with Gasteiger partial charge in [0.15, 0.2) is 0 Å². The van der Waals surface area contributed by atoms with Crippen LogP contribution in [0.2, 0.25) is 0 Å². The van der Waals surface area contributed by atoms with Crippen LogP contribution in [0.15, 0.2) is 24.3 Å². The smallest absolute Gasteiger partial charge is 0.253 e. The molecular formula is C16H24N2O3S. The van der Waals surface area contributed by atoms with Crippen molar-refractivity contribution in [1.29, 1.82) is 0 Å². The van der Waals surface area contributed by atoms with Crippen LogP contribution in [0.25, 0.3) is 0 Å². The maximum atomic E-state index is 12.4. The lowest BCUT2D eigenvalue weighted by atomic mass is 9.89. The summed E-state index contributed by atoms with van der Waals surface area (Å²) in [5.74, 6) is 0.328. The van der Waals surface area contributed by atoms with Gasteiger partial charge in [0.25, 0.3) is 5.91 Å². The van der Waals surface area contributed by atoms with E-state index in [1.54, 1.807) is 24.3 Å². The molecule has 1 N–H and O–H groups in total. The molecule has 22 heavy (non-hydrogen) atoms. The fourth-order valence-electron chi connectivity index (χ4n) is 2.84. The fraction of sp³-hybridized carbons (Fsp3) is 0.562. The van der Waals surface area contributed by atoms with Crippen molar-refractivity contribution in [3.05, 3.63) is 29.8 Å². The molecule has 0 bridgehead atoms. The molecule has 0 heterocycles. The van der Waals surface area contributed by atoms with Gasteiger partial charge in [0.05, 0.1) is 17.5 Å². The summed E-state index contributed by atoms with van der Waals surface area (Å²) in [5, 5.41) is 2.95. The average Bonchev–Trinajstić information content (AvgIpc) is 2.52. The van der Waals surface area contributed by atoms with E-state index < -0.39 is 10.0 Å². The van der Waals surface area contributed by atoms with Crippen molar-refractivity contribution >= 4 is 21.6 Å². The first-order valence-corrected chi connectivity index (χ1v) is 9.55. The molecule has 0 unspecified atom stereocenters. The lowest BCUT2D eigenvalue weighted by Gasteiger charge is -2.23. The standard InChI is InChI=1S/C16H24N2O3S/c1-18(22(2,20)21)15-11-7-6-10-14(15)16(19)17-12-13-8-4-3-5-9-13/h6-7,10-11,13H,3-5,8-9,12H2,1-2H3,(H,17,19). The molecule has 1 aromatic carbocycles. The van der Waals surface area contributed by atoms with Crippen LogP contribution in [-0.2, 0) is 10.0 Å². The number of anilines is 1. The Kier molecular flexibility index (Phi) is 5.45. The largest absolute Gasteiger partial charge is 0.352 e. The molecule has 0 radical (unpaired) electrons. The van der Waals surface area contributed by atoms with E-state index in [9.17, 15) is 13.2 Å². The third-order valence-electron chi connectivity index (χ3n) is 4.26. The maximum Gasteiger partial charge on any atom is 0.253 e. The molecule has 5 nitrogen and oxygen atoms in total. The van der Waals surface area contributed by atoms with E-state index in [-0.39, 0.29) is 5.91 Å². The second kappa shape index (κ2) is 7.13. The molecule has 1 amide bonds. The number of benzene rings is 1. The Hall–Kier alpha value is -1.56. The summed E-state index contributed by atoms with van der Waals surface area (Å²) in [6, 6.07) is 6.79. The summed E-state index contributed by atoms with van der Waals surface area (Å²) in [5.41, 5.74) is 0.803. The van der Waals surface area contributed by atoms with E-state index in [2.05, 4.69) is 5.32 Å². The summed E-state index contributed by atoms with van der Waals surface area (Å²) < 4.78 is 24.6. The van der Waals surface area contributed by atoms with E-state index >= 15 is 0 Å². The SMILES string of the molecule is CN(c1ccccc1C(=O)NCC1CCCCC1)S(C)(=O)=O. The van der Waals surface area contributed by atoms with Crippen molar-refractivity contribution in [2.75, 3.05) is 24.2 Å². The van der Waals surface area contributed by atoms with Gasteiger partial charge in [-0.25, -0.2) is 8.42 Å². The number of rotatable bonds is 5. The minimum atomic E-state index is -3.39. The normalized spacial score (nSPS) is 16.3. The highest BCUT2D eigenvalue weighted by atomic mass is 32.2. The Morgan fingerprint density at radius 1 is 1.23 bits per heavy atom. The number of para-hydroxylation sites is 1. The predicted molar refractivity (Wildman–Crippen MR) is 88.6 cm³/mol. The number of amides is 1. The highest BCUT2D eigenvalue weighted by molar-refractivity contribution is 7.92. The van der Waals surface area contributed by atoms with Gasteiger partial charge < -0.3 is 5.32 Å². The first-order valence-electron chi connectivity index (χ1n) is 7.70. The first kappa shape index (κ1) is 16.8. The third-order valence-corrected chi connectivity index (χ3v) is 5.45. The molecule has 0 saturated heterocycles. The van der Waals surface area contributed by atoms with E-state index in [1.807, 2.05) is 0 Å². The van der Waals surface area contributed by atoms with Crippen LogP contribution < -0.4 is 9.62 Å². The van der Waals surface area contributed by atoms with E-state index in [4.69, 9.17) is 0 Å². The van der Waals surface area contributed by atoms with Crippen LogP contribution in [0, 0.1) is 5.92 Å². The average molecular weight is 324 g/mol. The van der Waals surface area contributed by atoms with Crippen molar-refractivity contribution in [3.63, 3.8) is 0 Å². The van der Waals surface area contributed by atoms with Gasteiger partial charge >= 0.3 is 0 Å². The molecule has 122 valence electrons. The molecule has 2 rings (SSSR count). The van der Waals surface area contributed by atoms with Gasteiger partial charge in [-0.05, 0) is 30.9 Å². The van der Waals surface area contributed by atoms with Crippen molar-refractivity contribution in [1.82, 2.24) is 5.32 Å². The zero-order chi connectivity index (χ0) is 16.2. The predicted octanol–water partition coefficient (Wildman–Crippen LogP) is 2.39.